The third kappa shape index (κ3) is 3.83. The van der Waals surface area contributed by atoms with E-state index >= 15 is 0 Å². The average molecular weight is 392 g/mol. The molecule has 0 radical (unpaired) electrons. The van der Waals surface area contributed by atoms with Crippen LogP contribution in [-0.2, 0) is 9.53 Å². The number of ether oxygens (including phenoxy) is 1. The topological polar surface area (TPSA) is 111 Å². The van der Waals surface area contributed by atoms with Crippen molar-refractivity contribution in [3.63, 3.8) is 0 Å². The van der Waals surface area contributed by atoms with Crippen molar-refractivity contribution in [3.8, 4) is 6.07 Å². The number of nitrogens with zero attached hydrogens (tertiary/aromatic N) is 1. The number of cyclic esters (lactones) is 1. The van der Waals surface area contributed by atoms with E-state index in [9.17, 15) is 20.1 Å². The molecule has 0 aromatic heterocycles. The monoisotopic (exact) mass is 391 g/mol. The summed E-state index contributed by atoms with van der Waals surface area (Å²) in [6.45, 7) is 9.91. The zero-order chi connectivity index (χ0) is 21.1. The Labute approximate surface area is 167 Å². The van der Waals surface area contributed by atoms with Crippen molar-refractivity contribution < 1.29 is 24.9 Å². The maximum Gasteiger partial charge on any atom is 0.337 e. The molecule has 0 aromatic carbocycles. The van der Waals surface area contributed by atoms with E-state index < -0.39 is 17.5 Å². The first-order valence-electron chi connectivity index (χ1n) is 10.0. The van der Waals surface area contributed by atoms with E-state index in [4.69, 9.17) is 10.00 Å². The van der Waals surface area contributed by atoms with Crippen LogP contribution in [0.4, 0.5) is 0 Å². The number of rotatable bonds is 4. The Morgan fingerprint density at radius 3 is 2.54 bits per heavy atom. The lowest BCUT2D eigenvalue weighted by Gasteiger charge is -2.60. The van der Waals surface area contributed by atoms with Crippen molar-refractivity contribution in [2.45, 2.75) is 65.4 Å². The third-order valence-corrected chi connectivity index (χ3v) is 7.31. The second kappa shape index (κ2) is 8.67. The van der Waals surface area contributed by atoms with Gasteiger partial charge in [-0.25, -0.2) is 4.79 Å². The first-order chi connectivity index (χ1) is 13.2. The van der Waals surface area contributed by atoms with Crippen LogP contribution in [0, 0.1) is 34.0 Å². The van der Waals surface area contributed by atoms with Crippen LogP contribution in [0.5, 0.6) is 0 Å². The Hall–Kier alpha value is -1.84. The number of hydrogen-bond donors (Lipinski definition) is 3. The highest BCUT2D eigenvalue weighted by atomic mass is 16.5. The molecule has 6 heteroatoms. The molecule has 3 aliphatic rings. The molecule has 0 saturated heterocycles. The number of aliphatic hydroxyl groups is 3. The zero-order valence-corrected chi connectivity index (χ0v) is 17.2. The van der Waals surface area contributed by atoms with Crippen molar-refractivity contribution in [3.05, 3.63) is 23.5 Å². The third-order valence-electron chi connectivity index (χ3n) is 7.31. The molecule has 0 aromatic rings. The summed E-state index contributed by atoms with van der Waals surface area (Å²) in [6.07, 6.45) is 4.09. The lowest BCUT2D eigenvalue weighted by atomic mass is 9.46. The van der Waals surface area contributed by atoms with Gasteiger partial charge in [0.15, 0.2) is 0 Å². The SMILES string of the molecule is C=C1CC[C@@H]2[C@](C)(CO)[C@H](O)CC[C@@]2(C)[C@@H]1CCC1=C(O)COC1=O.CC#N. The molecule has 6 nitrogen and oxygen atoms in total. The summed E-state index contributed by atoms with van der Waals surface area (Å²) in [4.78, 5) is 11.8. The number of nitriles is 1. The van der Waals surface area contributed by atoms with E-state index in [0.717, 1.165) is 25.7 Å². The summed E-state index contributed by atoms with van der Waals surface area (Å²) in [5.74, 6) is 0.0490. The van der Waals surface area contributed by atoms with Crippen LogP contribution in [0.2, 0.25) is 0 Å². The minimum absolute atomic E-state index is 0.0194. The maximum absolute atomic E-state index is 11.8. The Morgan fingerprint density at radius 2 is 2.00 bits per heavy atom. The van der Waals surface area contributed by atoms with E-state index in [0.29, 0.717) is 18.4 Å². The van der Waals surface area contributed by atoms with Gasteiger partial charge in [0, 0.05) is 12.3 Å². The standard InChI is InChI=1S/C20H30O5.C2H3N/c1-12-4-7-16-19(2,9-8-17(23)20(16,3)11-21)14(12)6-5-13-15(22)10-25-18(13)24;1-2-3/h14,16-17,21-23H,1,4-11H2,2-3H3;1H3/t14-,16+,17-,19+,20+;/m1./s1. The molecule has 0 unspecified atom stereocenters. The van der Waals surface area contributed by atoms with E-state index in [-0.39, 0.29) is 36.2 Å². The van der Waals surface area contributed by atoms with E-state index in [1.54, 1.807) is 6.07 Å². The summed E-state index contributed by atoms with van der Waals surface area (Å²) < 4.78 is 4.89. The highest BCUT2D eigenvalue weighted by molar-refractivity contribution is 5.91. The molecule has 28 heavy (non-hydrogen) atoms. The van der Waals surface area contributed by atoms with Gasteiger partial charge in [0.1, 0.15) is 12.4 Å². The molecule has 2 saturated carbocycles. The molecule has 156 valence electrons. The van der Waals surface area contributed by atoms with Crippen LogP contribution in [0.25, 0.3) is 0 Å². The van der Waals surface area contributed by atoms with Gasteiger partial charge in [0.05, 0.1) is 24.4 Å². The largest absolute Gasteiger partial charge is 0.508 e. The molecule has 0 bridgehead atoms. The highest BCUT2D eigenvalue weighted by Gasteiger charge is 2.57. The average Bonchev–Trinajstić information content (AvgIpc) is 2.97. The lowest BCUT2D eigenvalue weighted by Crippen LogP contribution is -2.57. The summed E-state index contributed by atoms with van der Waals surface area (Å²) in [6, 6.07) is 1.75. The summed E-state index contributed by atoms with van der Waals surface area (Å²) in [5.41, 5.74) is 1.01. The van der Waals surface area contributed by atoms with Crippen molar-refractivity contribution >= 4 is 5.97 Å². The summed E-state index contributed by atoms with van der Waals surface area (Å²) in [7, 11) is 0. The number of carbonyl (C=O) groups excluding carboxylic acids is 1. The Kier molecular flexibility index (Phi) is 6.95. The van der Waals surface area contributed by atoms with E-state index in [1.165, 1.54) is 12.5 Å². The van der Waals surface area contributed by atoms with Gasteiger partial charge in [-0.2, -0.15) is 5.26 Å². The normalized spacial score (nSPS) is 37.5. The maximum atomic E-state index is 11.8. The molecule has 0 spiro atoms. The van der Waals surface area contributed by atoms with Crippen molar-refractivity contribution in [2.24, 2.45) is 22.7 Å². The minimum Gasteiger partial charge on any atom is -0.508 e. The van der Waals surface area contributed by atoms with Gasteiger partial charge in [0.2, 0.25) is 0 Å². The fraction of sp³-hybridized carbons (Fsp3) is 0.727. The molecule has 3 N–H and O–H groups in total. The molecular weight excluding hydrogens is 358 g/mol. The Balaban J connectivity index is 0.000000878. The second-order valence-electron chi connectivity index (χ2n) is 8.79. The Bertz CT molecular complexity index is 694. The first-order valence-corrected chi connectivity index (χ1v) is 10.0. The number of esters is 1. The predicted molar refractivity (Wildman–Crippen MR) is 105 cm³/mol. The van der Waals surface area contributed by atoms with Crippen LogP contribution in [0.1, 0.15) is 59.3 Å². The number of carbonyl (C=O) groups is 1. The molecule has 0 amide bonds. The molecule has 3 rings (SSSR count). The van der Waals surface area contributed by atoms with Gasteiger partial charge in [-0.1, -0.05) is 26.0 Å². The predicted octanol–water partition coefficient (Wildman–Crippen LogP) is 3.41. The molecule has 2 fully saturated rings. The highest BCUT2D eigenvalue weighted by Crippen LogP contribution is 2.61. The fourth-order valence-electron chi connectivity index (χ4n) is 5.69. The van der Waals surface area contributed by atoms with Crippen LogP contribution >= 0.6 is 0 Å². The summed E-state index contributed by atoms with van der Waals surface area (Å²) in [5, 5.41) is 37.7. The van der Waals surface area contributed by atoms with E-state index in [2.05, 4.69) is 13.5 Å². The van der Waals surface area contributed by atoms with Gasteiger partial charge >= 0.3 is 5.97 Å². The molecule has 1 aliphatic heterocycles. The fourth-order valence-corrected chi connectivity index (χ4v) is 5.69. The van der Waals surface area contributed by atoms with Gasteiger partial charge in [0.25, 0.3) is 0 Å². The van der Waals surface area contributed by atoms with Crippen molar-refractivity contribution in [1.29, 1.82) is 5.26 Å². The molecule has 5 atom stereocenters. The number of fused-ring (bicyclic) bond motifs is 1. The quantitative estimate of drug-likeness (QED) is 0.500. The van der Waals surface area contributed by atoms with Crippen LogP contribution in [0.3, 0.4) is 0 Å². The first kappa shape index (κ1) is 22.4. The smallest absolute Gasteiger partial charge is 0.337 e. The van der Waals surface area contributed by atoms with Crippen LogP contribution in [-0.4, -0.2) is 40.6 Å². The van der Waals surface area contributed by atoms with Gasteiger partial charge in [-0.15, -0.1) is 0 Å². The summed E-state index contributed by atoms with van der Waals surface area (Å²) >= 11 is 0. The van der Waals surface area contributed by atoms with Crippen molar-refractivity contribution in [1.82, 2.24) is 0 Å². The van der Waals surface area contributed by atoms with Crippen LogP contribution in [0.15, 0.2) is 23.5 Å². The number of hydrogen-bond acceptors (Lipinski definition) is 6. The van der Waals surface area contributed by atoms with Crippen molar-refractivity contribution in [2.75, 3.05) is 13.2 Å². The second-order valence-corrected chi connectivity index (χ2v) is 8.79. The molecule has 2 aliphatic carbocycles. The van der Waals surface area contributed by atoms with Gasteiger partial charge in [-0.3, -0.25) is 0 Å². The zero-order valence-electron chi connectivity index (χ0n) is 17.2. The minimum atomic E-state index is -0.500. The molecule has 1 heterocycles. The number of aliphatic hydroxyl groups excluding tert-OH is 3. The van der Waals surface area contributed by atoms with Gasteiger partial charge in [-0.05, 0) is 55.8 Å². The number of allylic oxidation sites excluding steroid dienone is 1. The lowest BCUT2D eigenvalue weighted by molar-refractivity contribution is -0.152. The van der Waals surface area contributed by atoms with Gasteiger partial charge < -0.3 is 20.1 Å². The molecular formula is C22H33NO5. The van der Waals surface area contributed by atoms with Crippen LogP contribution < -0.4 is 0 Å². The Morgan fingerprint density at radius 1 is 1.36 bits per heavy atom. The van der Waals surface area contributed by atoms with E-state index in [1.807, 2.05) is 6.92 Å².